The van der Waals surface area contributed by atoms with Gasteiger partial charge in [0.2, 0.25) is 0 Å². The number of rotatable bonds is 4. The number of nitrogens with zero attached hydrogens (tertiary/aromatic N) is 4. The predicted molar refractivity (Wildman–Crippen MR) is 89.9 cm³/mol. The standard InChI is InChI=1S/C16H17FN6O2/c1-3-6-19-16(24)15-13(18)10-4-5-11(17)12(14(10)21-23(15)25)9-7-20-22(2)8-9/h4-5,7-8H,3,6,18H2,1-2H3,(H,19,24). The third kappa shape index (κ3) is 2.84. The first-order valence-electron chi connectivity index (χ1n) is 7.72. The Balaban J connectivity index is 2.25. The summed E-state index contributed by atoms with van der Waals surface area (Å²) in [6.45, 7) is 2.29. The van der Waals surface area contributed by atoms with Gasteiger partial charge in [-0.3, -0.25) is 9.48 Å². The zero-order valence-electron chi connectivity index (χ0n) is 13.8. The van der Waals surface area contributed by atoms with Crippen LogP contribution in [0.5, 0.6) is 0 Å². The molecule has 130 valence electrons. The number of nitrogens with one attached hydrogen (secondary N) is 1. The maximum atomic E-state index is 14.4. The van der Waals surface area contributed by atoms with E-state index in [2.05, 4.69) is 15.5 Å². The molecule has 1 aromatic carbocycles. The number of aromatic nitrogens is 4. The largest absolute Gasteiger partial charge is 0.594 e. The molecule has 0 aliphatic heterocycles. The SMILES string of the molecule is CCCNC(=O)c1c(N)c2ccc(F)c(-c3cnn(C)c3)c2n[n+]1[O-]. The van der Waals surface area contributed by atoms with E-state index < -0.39 is 11.7 Å². The van der Waals surface area contributed by atoms with Crippen LogP contribution in [0, 0.1) is 11.0 Å². The van der Waals surface area contributed by atoms with E-state index in [1.54, 1.807) is 13.2 Å². The number of carbonyl (C=O) groups excluding carboxylic acids is 1. The second-order valence-electron chi connectivity index (χ2n) is 5.61. The van der Waals surface area contributed by atoms with Crippen molar-refractivity contribution in [1.82, 2.24) is 20.2 Å². The lowest BCUT2D eigenvalue weighted by molar-refractivity contribution is -0.667. The van der Waals surface area contributed by atoms with Crippen molar-refractivity contribution in [3.63, 3.8) is 0 Å². The van der Waals surface area contributed by atoms with Gasteiger partial charge < -0.3 is 16.3 Å². The normalized spacial score (nSPS) is 11.0. The molecule has 0 fully saturated rings. The number of halogens is 1. The van der Waals surface area contributed by atoms with Crippen LogP contribution >= 0.6 is 0 Å². The van der Waals surface area contributed by atoms with Crippen LogP contribution in [0.15, 0.2) is 24.5 Å². The van der Waals surface area contributed by atoms with E-state index in [-0.39, 0.29) is 27.3 Å². The van der Waals surface area contributed by atoms with Gasteiger partial charge >= 0.3 is 11.6 Å². The van der Waals surface area contributed by atoms with E-state index in [1.807, 2.05) is 6.92 Å². The molecule has 0 radical (unpaired) electrons. The van der Waals surface area contributed by atoms with Crippen LogP contribution in [-0.4, -0.2) is 27.3 Å². The van der Waals surface area contributed by atoms with E-state index in [1.165, 1.54) is 23.0 Å². The van der Waals surface area contributed by atoms with Crippen molar-refractivity contribution in [3.05, 3.63) is 41.2 Å². The van der Waals surface area contributed by atoms with Crippen molar-refractivity contribution in [2.75, 3.05) is 12.3 Å². The molecule has 0 saturated carbocycles. The van der Waals surface area contributed by atoms with Crippen LogP contribution in [0.2, 0.25) is 0 Å². The molecule has 0 saturated heterocycles. The number of nitrogens with two attached hydrogens (primary N) is 1. The highest BCUT2D eigenvalue weighted by Gasteiger charge is 2.27. The molecule has 0 spiro atoms. The van der Waals surface area contributed by atoms with Gasteiger partial charge in [-0.1, -0.05) is 6.92 Å². The quantitative estimate of drug-likeness (QED) is 0.544. The van der Waals surface area contributed by atoms with Crippen LogP contribution in [0.1, 0.15) is 23.8 Å². The van der Waals surface area contributed by atoms with Crippen LogP contribution in [-0.2, 0) is 7.05 Å². The van der Waals surface area contributed by atoms with Gasteiger partial charge in [0.1, 0.15) is 11.5 Å². The summed E-state index contributed by atoms with van der Waals surface area (Å²) in [4.78, 5) is 12.3. The van der Waals surface area contributed by atoms with E-state index in [0.717, 1.165) is 0 Å². The van der Waals surface area contributed by atoms with Gasteiger partial charge in [-0.05, 0) is 23.4 Å². The van der Waals surface area contributed by atoms with Crippen LogP contribution in [0.3, 0.4) is 0 Å². The average molecular weight is 344 g/mol. The second kappa shape index (κ2) is 6.34. The molecule has 2 heterocycles. The third-order valence-electron chi connectivity index (χ3n) is 3.80. The Morgan fingerprint density at radius 1 is 1.48 bits per heavy atom. The van der Waals surface area contributed by atoms with Crippen LogP contribution < -0.4 is 15.9 Å². The Hall–Kier alpha value is -3.23. The van der Waals surface area contributed by atoms with Gasteiger partial charge in [0, 0.05) is 35.8 Å². The number of aryl methyl sites for hydroxylation is 1. The molecule has 2 aromatic heterocycles. The number of nitrogen functional groups attached to an aromatic ring is 1. The topological polar surface area (TPSA) is 113 Å². The van der Waals surface area contributed by atoms with Gasteiger partial charge in [0.25, 0.3) is 0 Å². The zero-order chi connectivity index (χ0) is 18.1. The first-order valence-corrected chi connectivity index (χ1v) is 7.72. The van der Waals surface area contributed by atoms with Gasteiger partial charge in [0.05, 0.1) is 11.8 Å². The predicted octanol–water partition coefficient (Wildman–Crippen LogP) is 1.13. The lowest BCUT2D eigenvalue weighted by Gasteiger charge is -2.10. The minimum Gasteiger partial charge on any atom is -0.594 e. The van der Waals surface area contributed by atoms with Crippen LogP contribution in [0.4, 0.5) is 10.1 Å². The number of hydrogen-bond acceptors (Lipinski definition) is 5. The summed E-state index contributed by atoms with van der Waals surface area (Å²) in [6.07, 6.45) is 3.78. The summed E-state index contributed by atoms with van der Waals surface area (Å²) in [5.41, 5.74) is 6.33. The fraction of sp³-hybridized carbons (Fsp3) is 0.250. The number of hydrogen-bond donors (Lipinski definition) is 2. The van der Waals surface area contributed by atoms with Gasteiger partial charge in [-0.25, -0.2) is 4.39 Å². The number of benzene rings is 1. The fourth-order valence-corrected chi connectivity index (χ4v) is 2.62. The molecule has 9 heteroatoms. The third-order valence-corrected chi connectivity index (χ3v) is 3.80. The first kappa shape index (κ1) is 16.6. The Labute approximate surface area is 142 Å². The molecular formula is C16H17FN6O2. The fourth-order valence-electron chi connectivity index (χ4n) is 2.62. The van der Waals surface area contributed by atoms with Crippen molar-refractivity contribution in [3.8, 4) is 11.1 Å². The van der Waals surface area contributed by atoms with Crippen molar-refractivity contribution < 1.29 is 14.0 Å². The molecule has 0 atom stereocenters. The minimum absolute atomic E-state index is 0.0428. The number of fused-ring (bicyclic) bond motifs is 1. The highest BCUT2D eigenvalue weighted by Crippen LogP contribution is 2.32. The maximum absolute atomic E-state index is 14.4. The molecule has 25 heavy (non-hydrogen) atoms. The average Bonchev–Trinajstić information content (AvgIpc) is 2.98. The lowest BCUT2D eigenvalue weighted by Crippen LogP contribution is -2.43. The zero-order valence-corrected chi connectivity index (χ0v) is 13.8. The molecular weight excluding hydrogens is 327 g/mol. The van der Waals surface area contributed by atoms with E-state index in [0.29, 0.717) is 23.9 Å². The van der Waals surface area contributed by atoms with Crippen LogP contribution in [0.25, 0.3) is 22.0 Å². The van der Waals surface area contributed by atoms with Crippen molar-refractivity contribution in [2.24, 2.45) is 7.05 Å². The molecule has 8 nitrogen and oxygen atoms in total. The summed E-state index contributed by atoms with van der Waals surface area (Å²) in [5.74, 6) is -1.17. The lowest BCUT2D eigenvalue weighted by atomic mass is 10.0. The molecule has 3 aromatic rings. The molecule has 3 rings (SSSR count). The molecule has 0 unspecified atom stereocenters. The Kier molecular flexibility index (Phi) is 4.22. The van der Waals surface area contributed by atoms with Gasteiger partial charge in [-0.15, -0.1) is 0 Å². The maximum Gasteiger partial charge on any atom is 0.332 e. The van der Waals surface area contributed by atoms with E-state index in [9.17, 15) is 14.4 Å². The summed E-state index contributed by atoms with van der Waals surface area (Å²) >= 11 is 0. The molecule has 0 aliphatic carbocycles. The van der Waals surface area contributed by atoms with Crippen molar-refractivity contribution in [2.45, 2.75) is 13.3 Å². The molecule has 3 N–H and O–H groups in total. The number of carbonyl (C=O) groups is 1. The number of anilines is 1. The number of amides is 1. The molecule has 0 bridgehead atoms. The summed E-state index contributed by atoms with van der Waals surface area (Å²) in [6, 6.07) is 2.63. The van der Waals surface area contributed by atoms with Crippen molar-refractivity contribution in [1.29, 1.82) is 0 Å². The minimum atomic E-state index is -0.615. The highest BCUT2D eigenvalue weighted by atomic mass is 19.1. The smallest absolute Gasteiger partial charge is 0.332 e. The molecule has 1 amide bonds. The Bertz CT molecular complexity index is 969. The Morgan fingerprint density at radius 3 is 2.88 bits per heavy atom. The second-order valence-corrected chi connectivity index (χ2v) is 5.61. The highest BCUT2D eigenvalue weighted by molar-refractivity contribution is 6.06. The summed E-state index contributed by atoms with van der Waals surface area (Å²) in [7, 11) is 1.69. The summed E-state index contributed by atoms with van der Waals surface area (Å²) in [5, 5.41) is 23.1. The van der Waals surface area contributed by atoms with E-state index in [4.69, 9.17) is 5.73 Å². The van der Waals surface area contributed by atoms with Gasteiger partial charge in [-0.2, -0.15) is 5.10 Å². The Morgan fingerprint density at radius 2 is 2.24 bits per heavy atom. The monoisotopic (exact) mass is 344 g/mol. The summed E-state index contributed by atoms with van der Waals surface area (Å²) < 4.78 is 15.9. The van der Waals surface area contributed by atoms with Gasteiger partial charge in [0.15, 0.2) is 5.52 Å². The first-order chi connectivity index (χ1) is 11.9. The molecule has 0 aliphatic rings. The van der Waals surface area contributed by atoms with E-state index >= 15 is 0 Å². The van der Waals surface area contributed by atoms with Crippen molar-refractivity contribution >= 4 is 22.5 Å².